The van der Waals surface area contributed by atoms with Crippen LogP contribution in [0.25, 0.3) is 5.65 Å². The first-order valence-electron chi connectivity index (χ1n) is 5.32. The molecular weight excluding hydrogens is 252 g/mol. The van der Waals surface area contributed by atoms with E-state index in [2.05, 4.69) is 20.6 Å². The van der Waals surface area contributed by atoms with Crippen molar-refractivity contribution < 1.29 is 0 Å². The average Bonchev–Trinajstić information content (AvgIpc) is 2.97. The second kappa shape index (κ2) is 4.22. The summed E-state index contributed by atoms with van der Waals surface area (Å²) in [5, 5.41) is 16.5. The Bertz CT molecular complexity index is 742. The SMILES string of the molecule is CNc1nnc(Cn2nc3ccccn3c2=O)s1. The van der Waals surface area contributed by atoms with Gasteiger partial charge in [0.1, 0.15) is 11.6 Å². The summed E-state index contributed by atoms with van der Waals surface area (Å²) in [7, 11) is 1.78. The van der Waals surface area contributed by atoms with E-state index < -0.39 is 0 Å². The lowest BCUT2D eigenvalue weighted by molar-refractivity contribution is 0.651. The number of pyridine rings is 1. The van der Waals surface area contributed by atoms with Crippen molar-refractivity contribution in [1.29, 1.82) is 0 Å². The van der Waals surface area contributed by atoms with Crippen molar-refractivity contribution in [3.8, 4) is 0 Å². The maximum Gasteiger partial charge on any atom is 0.350 e. The zero-order chi connectivity index (χ0) is 12.5. The van der Waals surface area contributed by atoms with Crippen LogP contribution in [0.2, 0.25) is 0 Å². The van der Waals surface area contributed by atoms with Gasteiger partial charge in [-0.05, 0) is 12.1 Å². The lowest BCUT2D eigenvalue weighted by atomic mass is 10.5. The molecule has 0 amide bonds. The molecule has 0 unspecified atom stereocenters. The first-order valence-corrected chi connectivity index (χ1v) is 6.14. The van der Waals surface area contributed by atoms with Crippen LogP contribution in [-0.2, 0) is 6.54 Å². The van der Waals surface area contributed by atoms with Crippen LogP contribution in [0.15, 0.2) is 29.2 Å². The van der Waals surface area contributed by atoms with Gasteiger partial charge in [0.25, 0.3) is 0 Å². The minimum atomic E-state index is -0.174. The lowest BCUT2D eigenvalue weighted by Gasteiger charge is -1.92. The van der Waals surface area contributed by atoms with E-state index in [0.29, 0.717) is 12.2 Å². The zero-order valence-corrected chi connectivity index (χ0v) is 10.4. The molecule has 0 aliphatic heterocycles. The van der Waals surface area contributed by atoms with E-state index in [1.165, 1.54) is 20.4 Å². The van der Waals surface area contributed by atoms with Crippen LogP contribution in [0.5, 0.6) is 0 Å². The van der Waals surface area contributed by atoms with E-state index >= 15 is 0 Å². The Morgan fingerprint density at radius 1 is 1.39 bits per heavy atom. The van der Waals surface area contributed by atoms with E-state index in [-0.39, 0.29) is 5.69 Å². The standard InChI is InChI=1S/C10H10N6OS/c1-11-9-13-12-8(18-9)6-16-10(17)15-5-3-2-4-7(15)14-16/h2-5H,6H2,1H3,(H,11,13). The predicted octanol–water partition coefficient (Wildman–Crippen LogP) is 0.437. The zero-order valence-electron chi connectivity index (χ0n) is 9.57. The molecule has 1 N–H and O–H groups in total. The number of fused-ring (bicyclic) bond motifs is 1. The highest BCUT2D eigenvalue weighted by Gasteiger charge is 2.09. The maximum absolute atomic E-state index is 12.0. The van der Waals surface area contributed by atoms with Gasteiger partial charge in [0.05, 0.1) is 0 Å². The third kappa shape index (κ3) is 1.76. The van der Waals surface area contributed by atoms with Gasteiger partial charge < -0.3 is 5.32 Å². The Morgan fingerprint density at radius 2 is 2.28 bits per heavy atom. The van der Waals surface area contributed by atoms with Gasteiger partial charge in [0, 0.05) is 13.2 Å². The van der Waals surface area contributed by atoms with E-state index in [0.717, 1.165) is 10.1 Å². The third-order valence-electron chi connectivity index (χ3n) is 2.45. The molecule has 0 fully saturated rings. The Hall–Kier alpha value is -2.22. The monoisotopic (exact) mass is 262 g/mol. The van der Waals surface area contributed by atoms with Gasteiger partial charge in [0.15, 0.2) is 5.65 Å². The highest BCUT2D eigenvalue weighted by molar-refractivity contribution is 7.15. The lowest BCUT2D eigenvalue weighted by Crippen LogP contribution is -2.21. The van der Waals surface area contributed by atoms with Crippen LogP contribution in [0, 0.1) is 0 Å². The molecule has 0 spiro atoms. The number of hydrogen-bond donors (Lipinski definition) is 1. The van der Waals surface area contributed by atoms with Crippen molar-refractivity contribution >= 4 is 22.1 Å². The van der Waals surface area contributed by atoms with E-state index in [1.54, 1.807) is 25.4 Å². The molecule has 92 valence electrons. The second-order valence-electron chi connectivity index (χ2n) is 3.62. The summed E-state index contributed by atoms with van der Waals surface area (Å²) in [4.78, 5) is 12.0. The fourth-order valence-electron chi connectivity index (χ4n) is 1.62. The van der Waals surface area contributed by atoms with Crippen molar-refractivity contribution in [1.82, 2.24) is 24.4 Å². The van der Waals surface area contributed by atoms with E-state index in [1.807, 2.05) is 6.07 Å². The summed E-state index contributed by atoms with van der Waals surface area (Å²) < 4.78 is 2.88. The Labute approximate surface area is 106 Å². The Kier molecular flexibility index (Phi) is 2.56. The summed E-state index contributed by atoms with van der Waals surface area (Å²) in [6.07, 6.45) is 1.69. The Morgan fingerprint density at radius 3 is 3.00 bits per heavy atom. The fraction of sp³-hybridized carbons (Fsp3) is 0.200. The quantitative estimate of drug-likeness (QED) is 0.741. The number of aromatic nitrogens is 5. The van der Waals surface area contributed by atoms with Crippen LogP contribution < -0.4 is 11.0 Å². The van der Waals surface area contributed by atoms with Gasteiger partial charge >= 0.3 is 5.69 Å². The summed E-state index contributed by atoms with van der Waals surface area (Å²) in [6.45, 7) is 0.333. The highest BCUT2D eigenvalue weighted by Crippen LogP contribution is 2.14. The third-order valence-corrected chi connectivity index (χ3v) is 3.38. The van der Waals surface area contributed by atoms with Crippen molar-refractivity contribution in [3.05, 3.63) is 39.9 Å². The molecule has 0 saturated carbocycles. The van der Waals surface area contributed by atoms with E-state index in [9.17, 15) is 4.79 Å². The summed E-state index contributed by atoms with van der Waals surface area (Å²) in [5.74, 6) is 0. The molecule has 3 aromatic rings. The molecule has 3 heterocycles. The van der Waals surface area contributed by atoms with Crippen molar-refractivity contribution in [3.63, 3.8) is 0 Å². The summed E-state index contributed by atoms with van der Waals surface area (Å²) in [5.41, 5.74) is 0.452. The molecule has 3 aromatic heterocycles. The van der Waals surface area contributed by atoms with Crippen molar-refractivity contribution in [2.75, 3.05) is 12.4 Å². The number of nitrogens with one attached hydrogen (secondary N) is 1. The van der Waals surface area contributed by atoms with Crippen LogP contribution >= 0.6 is 11.3 Å². The minimum absolute atomic E-state index is 0.174. The fourth-order valence-corrected chi connectivity index (χ4v) is 2.29. The topological polar surface area (TPSA) is 77.1 Å². The van der Waals surface area contributed by atoms with Gasteiger partial charge in [-0.1, -0.05) is 17.4 Å². The van der Waals surface area contributed by atoms with Crippen LogP contribution in [0.3, 0.4) is 0 Å². The molecule has 0 aliphatic rings. The van der Waals surface area contributed by atoms with Crippen LogP contribution in [0.4, 0.5) is 5.13 Å². The maximum atomic E-state index is 12.0. The summed E-state index contributed by atoms with van der Waals surface area (Å²) >= 11 is 1.40. The molecule has 0 aromatic carbocycles. The van der Waals surface area contributed by atoms with Gasteiger partial charge in [-0.3, -0.25) is 4.40 Å². The second-order valence-corrected chi connectivity index (χ2v) is 4.68. The van der Waals surface area contributed by atoms with Gasteiger partial charge in [-0.25, -0.2) is 9.48 Å². The van der Waals surface area contributed by atoms with Crippen LogP contribution in [-0.4, -0.2) is 31.4 Å². The number of nitrogens with zero attached hydrogens (tertiary/aromatic N) is 5. The first-order chi connectivity index (χ1) is 8.78. The predicted molar refractivity (Wildman–Crippen MR) is 68.0 cm³/mol. The first kappa shape index (κ1) is 10.9. The molecule has 18 heavy (non-hydrogen) atoms. The average molecular weight is 262 g/mol. The van der Waals surface area contributed by atoms with Crippen LogP contribution in [0.1, 0.15) is 5.01 Å². The number of rotatable bonds is 3. The van der Waals surface area contributed by atoms with Gasteiger partial charge in [-0.2, -0.15) is 0 Å². The molecule has 0 atom stereocenters. The van der Waals surface area contributed by atoms with Gasteiger partial charge in [0.2, 0.25) is 5.13 Å². The van der Waals surface area contributed by atoms with Crippen molar-refractivity contribution in [2.24, 2.45) is 0 Å². The van der Waals surface area contributed by atoms with Crippen molar-refractivity contribution in [2.45, 2.75) is 6.54 Å². The molecular formula is C10H10N6OS. The molecule has 3 rings (SSSR count). The molecule has 0 saturated heterocycles. The molecule has 0 bridgehead atoms. The minimum Gasteiger partial charge on any atom is -0.363 e. The molecule has 0 aliphatic carbocycles. The smallest absolute Gasteiger partial charge is 0.350 e. The number of anilines is 1. The number of hydrogen-bond acceptors (Lipinski definition) is 6. The largest absolute Gasteiger partial charge is 0.363 e. The summed E-state index contributed by atoms with van der Waals surface area (Å²) in [6, 6.07) is 5.43. The molecule has 7 nitrogen and oxygen atoms in total. The Balaban J connectivity index is 1.99. The van der Waals surface area contributed by atoms with E-state index in [4.69, 9.17) is 0 Å². The highest BCUT2D eigenvalue weighted by atomic mass is 32.1. The van der Waals surface area contributed by atoms with Gasteiger partial charge in [-0.15, -0.1) is 15.3 Å². The normalized spacial score (nSPS) is 10.9. The molecule has 8 heteroatoms. The molecule has 0 radical (unpaired) electrons.